The molecule has 68 valence electrons. The Morgan fingerprint density at radius 1 is 1.43 bits per heavy atom. The van der Waals surface area contributed by atoms with Crippen LogP contribution in [0.1, 0.15) is 5.56 Å². The Bertz CT molecular complexity index is 595. The van der Waals surface area contributed by atoms with Crippen molar-refractivity contribution in [2.45, 2.75) is 0 Å². The smallest absolute Gasteiger partial charge is 0.189 e. The summed E-state index contributed by atoms with van der Waals surface area (Å²) < 4.78 is 0.726. The van der Waals surface area contributed by atoms with E-state index < -0.39 is 0 Å². The number of aromatic nitrogens is 1. The predicted octanol–water partition coefficient (Wildman–Crippen LogP) is 2.16. The van der Waals surface area contributed by atoms with Gasteiger partial charge in [0.2, 0.25) is 0 Å². The molecule has 0 aliphatic carbocycles. The maximum atomic E-state index is 11.4. The Balaban J connectivity index is 3.00. The molecule has 2 aromatic rings. The highest BCUT2D eigenvalue weighted by Gasteiger charge is 2.04. The van der Waals surface area contributed by atoms with E-state index in [-0.39, 0.29) is 5.43 Å². The van der Waals surface area contributed by atoms with Crippen LogP contribution in [0.25, 0.3) is 10.9 Å². The van der Waals surface area contributed by atoms with Gasteiger partial charge in [-0.05, 0) is 28.1 Å². The molecule has 4 heteroatoms. The van der Waals surface area contributed by atoms with Gasteiger partial charge < -0.3 is 4.98 Å². The zero-order valence-electron chi connectivity index (χ0n) is 7.04. The fraction of sp³-hybridized carbons (Fsp3) is 0. The fourth-order valence-corrected chi connectivity index (χ4v) is 1.88. The third kappa shape index (κ3) is 1.32. The number of nitrogens with zero attached hydrogens (tertiary/aromatic N) is 1. The number of nitriles is 1. The van der Waals surface area contributed by atoms with Gasteiger partial charge in [-0.1, -0.05) is 0 Å². The molecular formula is C10H5BrN2O. The Labute approximate surface area is 88.1 Å². The molecule has 2 rings (SSSR count). The summed E-state index contributed by atoms with van der Waals surface area (Å²) in [5.41, 5.74) is 1.11. The molecule has 0 amide bonds. The van der Waals surface area contributed by atoms with E-state index in [0.717, 1.165) is 9.99 Å². The number of nitrogens with one attached hydrogen (secondary N) is 1. The summed E-state index contributed by atoms with van der Waals surface area (Å²) >= 11 is 3.30. The summed E-state index contributed by atoms with van der Waals surface area (Å²) in [5.74, 6) is 0. The third-order valence-electron chi connectivity index (χ3n) is 1.95. The molecule has 1 N–H and O–H groups in total. The number of H-pyrrole nitrogens is 1. The first-order valence-corrected chi connectivity index (χ1v) is 4.73. The number of fused-ring (bicyclic) bond motifs is 1. The van der Waals surface area contributed by atoms with Crippen molar-refractivity contribution in [3.05, 3.63) is 44.7 Å². The molecule has 1 aromatic carbocycles. The molecule has 0 saturated heterocycles. The van der Waals surface area contributed by atoms with Crippen molar-refractivity contribution in [3.8, 4) is 6.07 Å². The topological polar surface area (TPSA) is 56.6 Å². The van der Waals surface area contributed by atoms with Crippen molar-refractivity contribution in [2.24, 2.45) is 0 Å². The van der Waals surface area contributed by atoms with Crippen LogP contribution in [0.4, 0.5) is 0 Å². The maximum absolute atomic E-state index is 11.4. The molecule has 0 fully saturated rings. The van der Waals surface area contributed by atoms with Crippen LogP contribution < -0.4 is 5.43 Å². The van der Waals surface area contributed by atoms with Gasteiger partial charge in [0.25, 0.3) is 0 Å². The van der Waals surface area contributed by atoms with Gasteiger partial charge in [0.15, 0.2) is 5.43 Å². The monoisotopic (exact) mass is 248 g/mol. The van der Waals surface area contributed by atoms with E-state index in [1.807, 2.05) is 6.07 Å². The number of rotatable bonds is 0. The zero-order valence-corrected chi connectivity index (χ0v) is 8.63. The van der Waals surface area contributed by atoms with Gasteiger partial charge in [0.05, 0.1) is 17.1 Å². The molecule has 0 unspecified atom stereocenters. The Kier molecular flexibility index (Phi) is 2.10. The second kappa shape index (κ2) is 3.28. The summed E-state index contributed by atoms with van der Waals surface area (Å²) in [6.45, 7) is 0. The summed E-state index contributed by atoms with van der Waals surface area (Å²) in [4.78, 5) is 14.4. The molecular weight excluding hydrogens is 244 g/mol. The minimum absolute atomic E-state index is 0.0865. The van der Waals surface area contributed by atoms with Gasteiger partial charge >= 0.3 is 0 Å². The van der Waals surface area contributed by atoms with Gasteiger partial charge in [0, 0.05) is 22.1 Å². The summed E-state index contributed by atoms with van der Waals surface area (Å²) in [5, 5.41) is 9.26. The third-order valence-corrected chi connectivity index (χ3v) is 2.57. The maximum Gasteiger partial charge on any atom is 0.189 e. The fourth-order valence-electron chi connectivity index (χ4n) is 1.30. The van der Waals surface area contributed by atoms with Crippen molar-refractivity contribution in [1.29, 1.82) is 5.26 Å². The van der Waals surface area contributed by atoms with Crippen LogP contribution in [0.5, 0.6) is 0 Å². The molecule has 1 aromatic heterocycles. The van der Waals surface area contributed by atoms with E-state index in [4.69, 9.17) is 5.26 Å². The highest BCUT2D eigenvalue weighted by Crippen LogP contribution is 2.21. The standard InChI is InChI=1S/C10H5BrN2O/c11-8-4-6(5-12)3-7-9(14)1-2-13-10(7)8/h1-4H,(H,13,14). The minimum atomic E-state index is -0.0865. The first-order chi connectivity index (χ1) is 6.72. The molecule has 14 heavy (non-hydrogen) atoms. The van der Waals surface area contributed by atoms with Crippen molar-refractivity contribution in [2.75, 3.05) is 0 Å². The number of benzene rings is 1. The SMILES string of the molecule is N#Cc1cc(Br)c2[nH]ccc(=O)c2c1. The highest BCUT2D eigenvalue weighted by atomic mass is 79.9. The average Bonchev–Trinajstić information content (AvgIpc) is 2.19. The molecule has 0 bridgehead atoms. The molecule has 1 heterocycles. The van der Waals surface area contributed by atoms with E-state index in [0.29, 0.717) is 10.9 Å². The van der Waals surface area contributed by atoms with Crippen LogP contribution in [0, 0.1) is 11.3 Å². The lowest BCUT2D eigenvalue weighted by atomic mass is 10.1. The van der Waals surface area contributed by atoms with Gasteiger partial charge in [-0.15, -0.1) is 0 Å². The lowest BCUT2D eigenvalue weighted by molar-refractivity contribution is 1.37. The van der Waals surface area contributed by atoms with Crippen LogP contribution in [0.2, 0.25) is 0 Å². The number of pyridine rings is 1. The van der Waals surface area contributed by atoms with Gasteiger partial charge in [-0.25, -0.2) is 0 Å². The van der Waals surface area contributed by atoms with E-state index in [2.05, 4.69) is 20.9 Å². The molecule has 0 spiro atoms. The quantitative estimate of drug-likeness (QED) is 0.777. The number of hydrogen-bond acceptors (Lipinski definition) is 2. The molecule has 0 atom stereocenters. The van der Waals surface area contributed by atoms with E-state index in [9.17, 15) is 4.79 Å². The lowest BCUT2D eigenvalue weighted by Crippen LogP contribution is -2.00. The van der Waals surface area contributed by atoms with Crippen LogP contribution in [0.3, 0.4) is 0 Å². The van der Waals surface area contributed by atoms with Crippen molar-refractivity contribution in [3.63, 3.8) is 0 Å². The normalized spacial score (nSPS) is 10.0. The number of aromatic amines is 1. The molecule has 0 radical (unpaired) electrons. The Morgan fingerprint density at radius 3 is 2.93 bits per heavy atom. The van der Waals surface area contributed by atoms with Crippen LogP contribution in [-0.4, -0.2) is 4.98 Å². The number of hydrogen-bond donors (Lipinski definition) is 1. The average molecular weight is 249 g/mol. The molecule has 0 aliphatic rings. The summed E-state index contributed by atoms with van der Waals surface area (Å²) in [6, 6.07) is 6.71. The largest absolute Gasteiger partial charge is 0.360 e. The van der Waals surface area contributed by atoms with Crippen LogP contribution in [0.15, 0.2) is 33.7 Å². The Morgan fingerprint density at radius 2 is 2.21 bits per heavy atom. The Hall–Kier alpha value is -1.60. The minimum Gasteiger partial charge on any atom is -0.360 e. The predicted molar refractivity (Wildman–Crippen MR) is 57.0 cm³/mol. The first-order valence-electron chi connectivity index (χ1n) is 3.93. The van der Waals surface area contributed by atoms with E-state index >= 15 is 0 Å². The van der Waals surface area contributed by atoms with Gasteiger partial charge in [-0.3, -0.25) is 4.79 Å². The van der Waals surface area contributed by atoms with Crippen molar-refractivity contribution in [1.82, 2.24) is 4.98 Å². The van der Waals surface area contributed by atoms with E-state index in [1.54, 1.807) is 18.3 Å². The van der Waals surface area contributed by atoms with Gasteiger partial charge in [-0.2, -0.15) is 5.26 Å². The second-order valence-corrected chi connectivity index (χ2v) is 3.69. The molecule has 3 nitrogen and oxygen atoms in total. The molecule has 0 saturated carbocycles. The lowest BCUT2D eigenvalue weighted by Gasteiger charge is -1.99. The summed E-state index contributed by atoms with van der Waals surface area (Å²) in [6.07, 6.45) is 1.58. The van der Waals surface area contributed by atoms with E-state index in [1.165, 1.54) is 6.07 Å². The van der Waals surface area contributed by atoms with Gasteiger partial charge in [0.1, 0.15) is 0 Å². The zero-order chi connectivity index (χ0) is 10.1. The summed E-state index contributed by atoms with van der Waals surface area (Å²) in [7, 11) is 0. The second-order valence-electron chi connectivity index (χ2n) is 2.83. The van der Waals surface area contributed by atoms with Crippen molar-refractivity contribution < 1.29 is 0 Å². The van der Waals surface area contributed by atoms with Crippen LogP contribution in [-0.2, 0) is 0 Å². The van der Waals surface area contributed by atoms with Crippen LogP contribution >= 0.6 is 15.9 Å². The number of halogens is 1. The highest BCUT2D eigenvalue weighted by molar-refractivity contribution is 9.10. The van der Waals surface area contributed by atoms with Crippen molar-refractivity contribution >= 4 is 26.8 Å². The molecule has 0 aliphatic heterocycles. The first kappa shape index (κ1) is 8.97.